The van der Waals surface area contributed by atoms with Crippen LogP contribution < -0.4 is 4.74 Å². The lowest BCUT2D eigenvalue weighted by molar-refractivity contribution is 0.414. The Labute approximate surface area is 111 Å². The SMILES string of the molecule is COc1ccc(C(Cl)c2cc(C)sc2C)cc1. The number of rotatable bonds is 3. The largest absolute Gasteiger partial charge is 0.497 e. The van der Waals surface area contributed by atoms with Crippen LogP contribution in [0.5, 0.6) is 5.75 Å². The molecule has 1 atom stereocenters. The monoisotopic (exact) mass is 266 g/mol. The summed E-state index contributed by atoms with van der Waals surface area (Å²) in [6.45, 7) is 4.23. The van der Waals surface area contributed by atoms with Crippen molar-refractivity contribution in [2.75, 3.05) is 7.11 Å². The first-order chi connectivity index (χ1) is 8.11. The molecule has 1 nitrogen and oxygen atoms in total. The number of thiophene rings is 1. The van der Waals surface area contributed by atoms with E-state index in [0.29, 0.717) is 0 Å². The molecule has 2 rings (SSSR count). The summed E-state index contributed by atoms with van der Waals surface area (Å²) in [4.78, 5) is 2.59. The van der Waals surface area contributed by atoms with Crippen molar-refractivity contribution in [3.05, 3.63) is 51.2 Å². The number of methoxy groups -OCH3 is 1. The minimum Gasteiger partial charge on any atom is -0.497 e. The molecule has 90 valence electrons. The zero-order valence-electron chi connectivity index (χ0n) is 10.2. The molecule has 0 spiro atoms. The molecule has 0 radical (unpaired) electrons. The molecule has 1 unspecified atom stereocenters. The predicted octanol–water partition coefficient (Wildman–Crippen LogP) is 4.70. The second-order valence-corrected chi connectivity index (χ2v) is 5.90. The standard InChI is InChI=1S/C14H15ClOS/c1-9-8-13(10(2)17-9)14(15)11-4-6-12(16-3)7-5-11/h4-8,14H,1-3H3. The molecule has 0 N–H and O–H groups in total. The van der Waals surface area contributed by atoms with Gasteiger partial charge in [-0.2, -0.15) is 0 Å². The van der Waals surface area contributed by atoms with Crippen LogP contribution in [0.4, 0.5) is 0 Å². The molecule has 0 amide bonds. The van der Waals surface area contributed by atoms with Crippen molar-refractivity contribution in [3.63, 3.8) is 0 Å². The molecular weight excluding hydrogens is 252 g/mol. The van der Waals surface area contributed by atoms with Crippen LogP contribution in [-0.2, 0) is 0 Å². The van der Waals surface area contributed by atoms with Gasteiger partial charge in [0, 0.05) is 9.75 Å². The average Bonchev–Trinajstić information content (AvgIpc) is 2.68. The highest BCUT2D eigenvalue weighted by molar-refractivity contribution is 7.12. The Morgan fingerprint density at radius 1 is 1.18 bits per heavy atom. The molecule has 0 aliphatic heterocycles. The van der Waals surface area contributed by atoms with Crippen LogP contribution in [-0.4, -0.2) is 7.11 Å². The lowest BCUT2D eigenvalue weighted by Gasteiger charge is -2.10. The first-order valence-corrected chi connectivity index (χ1v) is 6.72. The number of halogens is 1. The third-order valence-corrected chi connectivity index (χ3v) is 4.23. The topological polar surface area (TPSA) is 9.23 Å². The van der Waals surface area contributed by atoms with Gasteiger partial charge in [-0.1, -0.05) is 12.1 Å². The van der Waals surface area contributed by atoms with Crippen LogP contribution >= 0.6 is 22.9 Å². The lowest BCUT2D eigenvalue weighted by Crippen LogP contribution is -1.93. The Bertz CT molecular complexity index is 501. The van der Waals surface area contributed by atoms with Crippen molar-refractivity contribution >= 4 is 22.9 Å². The smallest absolute Gasteiger partial charge is 0.118 e. The van der Waals surface area contributed by atoms with Gasteiger partial charge in [-0.3, -0.25) is 0 Å². The molecule has 1 aromatic heterocycles. The quantitative estimate of drug-likeness (QED) is 0.732. The van der Waals surface area contributed by atoms with Crippen molar-refractivity contribution in [2.45, 2.75) is 19.2 Å². The van der Waals surface area contributed by atoms with Gasteiger partial charge in [-0.15, -0.1) is 22.9 Å². The molecule has 0 aliphatic rings. The number of hydrogen-bond donors (Lipinski definition) is 0. The van der Waals surface area contributed by atoms with Crippen molar-refractivity contribution in [1.82, 2.24) is 0 Å². The van der Waals surface area contributed by atoms with Crippen LogP contribution in [0.15, 0.2) is 30.3 Å². The van der Waals surface area contributed by atoms with Crippen LogP contribution in [0.3, 0.4) is 0 Å². The van der Waals surface area contributed by atoms with Gasteiger partial charge >= 0.3 is 0 Å². The summed E-state index contributed by atoms with van der Waals surface area (Å²) in [6.07, 6.45) is 0. The van der Waals surface area contributed by atoms with Crippen LogP contribution in [0, 0.1) is 13.8 Å². The van der Waals surface area contributed by atoms with E-state index in [1.54, 1.807) is 18.4 Å². The third-order valence-electron chi connectivity index (χ3n) is 2.76. The molecule has 0 fully saturated rings. The Morgan fingerprint density at radius 3 is 2.29 bits per heavy atom. The summed E-state index contributed by atoms with van der Waals surface area (Å²) in [5, 5.41) is -0.0779. The van der Waals surface area contributed by atoms with E-state index < -0.39 is 0 Å². The minimum absolute atomic E-state index is 0.0779. The molecule has 0 aliphatic carbocycles. The van der Waals surface area contributed by atoms with Crippen molar-refractivity contribution in [1.29, 1.82) is 0 Å². The van der Waals surface area contributed by atoms with Gasteiger partial charge in [-0.05, 0) is 43.2 Å². The average molecular weight is 267 g/mol. The van der Waals surface area contributed by atoms with Gasteiger partial charge in [0.2, 0.25) is 0 Å². The molecule has 0 bridgehead atoms. The number of alkyl halides is 1. The maximum Gasteiger partial charge on any atom is 0.118 e. The van der Waals surface area contributed by atoms with E-state index in [2.05, 4.69) is 19.9 Å². The van der Waals surface area contributed by atoms with Crippen LogP contribution in [0.1, 0.15) is 26.3 Å². The van der Waals surface area contributed by atoms with Gasteiger partial charge in [-0.25, -0.2) is 0 Å². The molecule has 1 aromatic carbocycles. The van der Waals surface area contributed by atoms with E-state index in [1.807, 2.05) is 24.3 Å². The van der Waals surface area contributed by atoms with Gasteiger partial charge in [0.15, 0.2) is 0 Å². The fourth-order valence-electron chi connectivity index (χ4n) is 1.85. The lowest BCUT2D eigenvalue weighted by atomic mass is 10.0. The molecule has 2 aromatic rings. The highest BCUT2D eigenvalue weighted by Gasteiger charge is 2.15. The Hall–Kier alpha value is -0.990. The number of ether oxygens (including phenoxy) is 1. The van der Waals surface area contributed by atoms with Crippen LogP contribution in [0.2, 0.25) is 0 Å². The fourth-order valence-corrected chi connectivity index (χ4v) is 3.25. The van der Waals surface area contributed by atoms with Gasteiger partial charge in [0.05, 0.1) is 12.5 Å². The van der Waals surface area contributed by atoms with E-state index >= 15 is 0 Å². The first kappa shape index (κ1) is 12.5. The van der Waals surface area contributed by atoms with Crippen molar-refractivity contribution in [2.24, 2.45) is 0 Å². The fraction of sp³-hybridized carbons (Fsp3) is 0.286. The summed E-state index contributed by atoms with van der Waals surface area (Å²) in [5.41, 5.74) is 2.31. The van der Waals surface area contributed by atoms with E-state index in [4.69, 9.17) is 16.3 Å². The highest BCUT2D eigenvalue weighted by atomic mass is 35.5. The third kappa shape index (κ3) is 2.64. The minimum atomic E-state index is -0.0779. The Balaban J connectivity index is 2.30. The summed E-state index contributed by atoms with van der Waals surface area (Å²) in [5.74, 6) is 0.857. The van der Waals surface area contributed by atoms with E-state index in [1.165, 1.54) is 15.3 Å². The number of hydrogen-bond acceptors (Lipinski definition) is 2. The Kier molecular flexibility index (Phi) is 3.75. The molecule has 17 heavy (non-hydrogen) atoms. The first-order valence-electron chi connectivity index (χ1n) is 5.46. The zero-order chi connectivity index (χ0) is 12.4. The summed E-state index contributed by atoms with van der Waals surface area (Å²) in [7, 11) is 1.67. The second kappa shape index (κ2) is 5.11. The zero-order valence-corrected chi connectivity index (χ0v) is 11.7. The van der Waals surface area contributed by atoms with Gasteiger partial charge < -0.3 is 4.74 Å². The van der Waals surface area contributed by atoms with E-state index in [-0.39, 0.29) is 5.38 Å². The molecule has 0 saturated carbocycles. The molecule has 3 heteroatoms. The van der Waals surface area contributed by atoms with Crippen molar-refractivity contribution < 1.29 is 4.74 Å². The molecule has 1 heterocycles. The predicted molar refractivity (Wildman–Crippen MR) is 74.5 cm³/mol. The normalized spacial score (nSPS) is 12.5. The molecular formula is C14H15ClOS. The highest BCUT2D eigenvalue weighted by Crippen LogP contribution is 2.35. The maximum atomic E-state index is 6.51. The summed E-state index contributed by atoms with van der Waals surface area (Å²) in [6, 6.07) is 10.1. The second-order valence-electron chi connectivity index (χ2n) is 4.00. The summed E-state index contributed by atoms with van der Waals surface area (Å²) < 4.78 is 5.14. The van der Waals surface area contributed by atoms with Crippen molar-refractivity contribution in [3.8, 4) is 5.75 Å². The van der Waals surface area contributed by atoms with Crippen LogP contribution in [0.25, 0.3) is 0 Å². The van der Waals surface area contributed by atoms with Gasteiger partial charge in [0.1, 0.15) is 5.75 Å². The molecule has 0 saturated heterocycles. The number of benzene rings is 1. The number of aryl methyl sites for hydroxylation is 2. The maximum absolute atomic E-state index is 6.51. The van der Waals surface area contributed by atoms with E-state index in [9.17, 15) is 0 Å². The van der Waals surface area contributed by atoms with Gasteiger partial charge in [0.25, 0.3) is 0 Å². The Morgan fingerprint density at radius 2 is 1.82 bits per heavy atom. The summed E-state index contributed by atoms with van der Waals surface area (Å²) >= 11 is 8.30. The van der Waals surface area contributed by atoms with E-state index in [0.717, 1.165) is 11.3 Å².